The van der Waals surface area contributed by atoms with Crippen LogP contribution in [0.3, 0.4) is 0 Å². The molecule has 5 rings (SSSR count). The van der Waals surface area contributed by atoms with E-state index in [4.69, 9.17) is 18.3 Å². The van der Waals surface area contributed by atoms with Crippen LogP contribution in [0, 0.1) is 45.4 Å². The van der Waals surface area contributed by atoms with Crippen LogP contribution in [0.2, 0.25) is 0 Å². The summed E-state index contributed by atoms with van der Waals surface area (Å²) >= 11 is 0. The van der Waals surface area contributed by atoms with E-state index in [1.807, 2.05) is 76.2 Å². The van der Waals surface area contributed by atoms with Crippen LogP contribution in [-0.2, 0) is 20.9 Å². The molecule has 46 heavy (non-hydrogen) atoms. The predicted octanol–water partition coefficient (Wildman–Crippen LogP) is 8.18. The highest BCUT2D eigenvalue weighted by atomic mass is 16.5. The van der Waals surface area contributed by atoms with Crippen LogP contribution < -0.4 is 0 Å². The zero-order chi connectivity index (χ0) is 33.2. The van der Waals surface area contributed by atoms with Gasteiger partial charge in [0.1, 0.15) is 22.9 Å². The Morgan fingerprint density at radius 2 is 1.41 bits per heavy atom. The molecular weight excluding hydrogens is 584 g/mol. The maximum atomic E-state index is 11.3. The van der Waals surface area contributed by atoms with E-state index < -0.39 is 12.1 Å². The van der Waals surface area contributed by atoms with Crippen LogP contribution in [-0.4, -0.2) is 46.6 Å². The molecule has 4 aromatic rings. The Balaban J connectivity index is 0.000000266. The summed E-state index contributed by atoms with van der Waals surface area (Å²) in [5, 5.41) is 9.30. The van der Waals surface area contributed by atoms with E-state index in [2.05, 4.69) is 16.9 Å². The summed E-state index contributed by atoms with van der Waals surface area (Å²) < 4.78 is 23.0. The Bertz CT molecular complexity index is 1550. The van der Waals surface area contributed by atoms with Gasteiger partial charge in [-0.05, 0) is 89.0 Å². The molecule has 0 spiro atoms. The molecule has 9 nitrogen and oxygen atoms in total. The summed E-state index contributed by atoms with van der Waals surface area (Å²) in [7, 11) is 0. The number of aryl methyl sites for hydroxylation is 4. The van der Waals surface area contributed by atoms with E-state index in [-0.39, 0.29) is 5.92 Å². The van der Waals surface area contributed by atoms with Gasteiger partial charge in [0.2, 0.25) is 11.8 Å². The number of ether oxygens (including phenoxy) is 2. The van der Waals surface area contributed by atoms with Crippen LogP contribution >= 0.6 is 0 Å². The second kappa shape index (κ2) is 16.5. The lowest BCUT2D eigenvalue weighted by molar-refractivity contribution is -0.155. The quantitative estimate of drug-likeness (QED) is 0.154. The van der Waals surface area contributed by atoms with E-state index in [9.17, 15) is 14.7 Å². The van der Waals surface area contributed by atoms with Gasteiger partial charge in [-0.15, -0.1) is 0 Å². The molecule has 1 saturated carbocycles. The van der Waals surface area contributed by atoms with E-state index in [1.54, 1.807) is 6.92 Å². The Morgan fingerprint density at radius 1 is 0.870 bits per heavy atom. The third-order valence-electron chi connectivity index (χ3n) is 8.28. The molecule has 2 aromatic carbocycles. The number of benzene rings is 2. The highest BCUT2D eigenvalue weighted by molar-refractivity contribution is 5.74. The van der Waals surface area contributed by atoms with Gasteiger partial charge in [0.05, 0.1) is 13.2 Å². The summed E-state index contributed by atoms with van der Waals surface area (Å²) in [6.07, 6.45) is 4.34. The molecule has 0 bridgehead atoms. The SMILES string of the molecule is Cc1ccc(-c2nc(C=O)c(C)o2)cc1.Cc1ccc(-c2nc(COC[C@@H]3CCC[C@H](COC(C(=O)O)C(C)C)C3)c(C)o2)cc1. The fraction of sp³-hybridized carbons (Fsp3) is 0.459. The Labute approximate surface area is 271 Å². The number of nitrogens with zero attached hydrogens (tertiary/aromatic N) is 2. The highest BCUT2D eigenvalue weighted by Crippen LogP contribution is 2.31. The molecule has 0 radical (unpaired) electrons. The number of hydrogen-bond acceptors (Lipinski definition) is 8. The average Bonchev–Trinajstić information content (AvgIpc) is 3.59. The van der Waals surface area contributed by atoms with Gasteiger partial charge < -0.3 is 23.4 Å². The van der Waals surface area contributed by atoms with Crippen molar-refractivity contribution in [3.05, 3.63) is 82.6 Å². The van der Waals surface area contributed by atoms with Gasteiger partial charge in [0, 0.05) is 17.7 Å². The van der Waals surface area contributed by atoms with Crippen molar-refractivity contribution in [1.29, 1.82) is 0 Å². The maximum absolute atomic E-state index is 11.3. The lowest BCUT2D eigenvalue weighted by Gasteiger charge is -2.30. The molecule has 0 saturated heterocycles. The molecule has 1 fully saturated rings. The molecule has 2 aromatic heterocycles. The van der Waals surface area contributed by atoms with Crippen molar-refractivity contribution in [1.82, 2.24) is 9.97 Å². The molecule has 1 unspecified atom stereocenters. The van der Waals surface area contributed by atoms with Crippen LogP contribution in [0.5, 0.6) is 0 Å². The van der Waals surface area contributed by atoms with Crippen molar-refractivity contribution in [2.24, 2.45) is 17.8 Å². The van der Waals surface area contributed by atoms with Crippen molar-refractivity contribution in [2.75, 3.05) is 13.2 Å². The molecule has 3 atom stereocenters. The molecule has 2 heterocycles. The van der Waals surface area contributed by atoms with Crippen LogP contribution in [0.1, 0.15) is 78.4 Å². The third-order valence-corrected chi connectivity index (χ3v) is 8.28. The second-order valence-electron chi connectivity index (χ2n) is 12.6. The topological polar surface area (TPSA) is 125 Å². The number of rotatable bonds is 12. The van der Waals surface area contributed by atoms with Crippen molar-refractivity contribution < 1.29 is 33.0 Å². The fourth-order valence-corrected chi connectivity index (χ4v) is 5.53. The Morgan fingerprint density at radius 3 is 1.93 bits per heavy atom. The van der Waals surface area contributed by atoms with Gasteiger partial charge in [0.15, 0.2) is 12.4 Å². The number of carboxylic acids is 1. The predicted molar refractivity (Wildman–Crippen MR) is 176 cm³/mol. The maximum Gasteiger partial charge on any atom is 0.333 e. The molecule has 1 aliphatic rings. The van der Waals surface area contributed by atoms with Crippen molar-refractivity contribution >= 4 is 12.3 Å². The Kier molecular flexibility index (Phi) is 12.5. The lowest BCUT2D eigenvalue weighted by atomic mass is 9.82. The number of carbonyl (C=O) groups is 2. The van der Waals surface area contributed by atoms with Crippen molar-refractivity contribution in [3.8, 4) is 22.9 Å². The zero-order valence-corrected chi connectivity index (χ0v) is 27.7. The van der Waals surface area contributed by atoms with Gasteiger partial charge in [-0.25, -0.2) is 14.8 Å². The highest BCUT2D eigenvalue weighted by Gasteiger charge is 2.27. The second-order valence-corrected chi connectivity index (χ2v) is 12.6. The molecule has 246 valence electrons. The van der Waals surface area contributed by atoms with E-state index in [0.717, 1.165) is 48.3 Å². The lowest BCUT2D eigenvalue weighted by Crippen LogP contribution is -2.32. The number of oxazole rings is 2. The molecule has 0 amide bonds. The number of aromatic nitrogens is 2. The number of carboxylic acid groups (broad SMARTS) is 1. The van der Waals surface area contributed by atoms with Gasteiger partial charge in [-0.2, -0.15) is 0 Å². The standard InChI is InChI=1S/C25H35NO5.C12H11NO2/c1-16(2)23(25(27)28)30-14-20-7-5-6-19(12-20)13-29-15-22-18(4)31-24(26-22)21-10-8-17(3)9-11-21;1-8-3-5-10(6-4-8)12-13-11(7-14)9(2)15-12/h8-11,16,19-20,23H,5-7,12-15H2,1-4H3,(H,27,28);3-7H,1-2H3/t19-,20+,23?;/m1./s1. The smallest absolute Gasteiger partial charge is 0.333 e. The van der Waals surface area contributed by atoms with Gasteiger partial charge in [-0.1, -0.05) is 55.7 Å². The normalized spacial score (nSPS) is 16.9. The minimum absolute atomic E-state index is 0.0317. The van der Waals surface area contributed by atoms with E-state index in [1.165, 1.54) is 11.1 Å². The number of hydrogen-bond donors (Lipinski definition) is 1. The van der Waals surface area contributed by atoms with Crippen LogP contribution in [0.4, 0.5) is 0 Å². The molecule has 1 aliphatic carbocycles. The van der Waals surface area contributed by atoms with Crippen LogP contribution in [0.15, 0.2) is 57.4 Å². The fourth-order valence-electron chi connectivity index (χ4n) is 5.53. The summed E-state index contributed by atoms with van der Waals surface area (Å²) in [5.41, 5.74) is 5.44. The first-order valence-electron chi connectivity index (χ1n) is 16.0. The summed E-state index contributed by atoms with van der Waals surface area (Å²) in [5.74, 6) is 2.42. The summed E-state index contributed by atoms with van der Waals surface area (Å²) in [6.45, 7) is 13.1. The van der Waals surface area contributed by atoms with E-state index in [0.29, 0.717) is 61.2 Å². The van der Waals surface area contributed by atoms with Crippen LogP contribution in [0.25, 0.3) is 22.9 Å². The number of carbonyl (C=O) groups excluding carboxylic acids is 1. The largest absolute Gasteiger partial charge is 0.479 e. The average molecular weight is 631 g/mol. The molecule has 0 aliphatic heterocycles. The monoisotopic (exact) mass is 630 g/mol. The Hall–Kier alpha value is -4.08. The van der Waals surface area contributed by atoms with Gasteiger partial charge in [0.25, 0.3) is 0 Å². The minimum Gasteiger partial charge on any atom is -0.479 e. The van der Waals surface area contributed by atoms with Crippen molar-refractivity contribution in [2.45, 2.75) is 79.9 Å². The first-order chi connectivity index (χ1) is 22.0. The first kappa shape index (κ1) is 34.8. The van der Waals surface area contributed by atoms with Gasteiger partial charge >= 0.3 is 5.97 Å². The molecular formula is C37H46N2O7. The summed E-state index contributed by atoms with van der Waals surface area (Å²) in [4.78, 5) is 30.6. The molecule has 1 N–H and O–H groups in total. The minimum atomic E-state index is -0.876. The number of aldehydes is 1. The summed E-state index contributed by atoms with van der Waals surface area (Å²) in [6, 6.07) is 15.9. The zero-order valence-electron chi connectivity index (χ0n) is 27.7. The van der Waals surface area contributed by atoms with Crippen molar-refractivity contribution in [3.63, 3.8) is 0 Å². The number of aliphatic carboxylic acids is 1. The van der Waals surface area contributed by atoms with E-state index >= 15 is 0 Å². The first-order valence-corrected chi connectivity index (χ1v) is 16.0. The van der Waals surface area contributed by atoms with Gasteiger partial charge in [-0.3, -0.25) is 4.79 Å². The molecule has 9 heteroatoms. The third kappa shape index (κ3) is 9.71.